The Kier molecular flexibility index (Phi) is 7.44. The number of hydrogen-bond acceptors (Lipinski definition) is 5. The second-order valence-corrected chi connectivity index (χ2v) is 18.1. The Hall–Kier alpha value is -3.58. The monoisotopic (exact) mass is 702 g/mol. The molecule has 3 aromatic rings. The van der Waals surface area contributed by atoms with Crippen molar-refractivity contribution in [2.24, 2.45) is 63.0 Å². The third-order valence-corrected chi connectivity index (χ3v) is 15.9. The fourth-order valence-electron chi connectivity index (χ4n) is 14.3. The summed E-state index contributed by atoms with van der Waals surface area (Å²) in [6.07, 6.45) is 18.3. The number of benzene rings is 1. The molecule has 7 aliphatic rings. The van der Waals surface area contributed by atoms with Gasteiger partial charge in [-0.15, -0.1) is 0 Å². The molecule has 10 rings (SSSR count). The maximum Gasteiger partial charge on any atom is 0.189 e. The van der Waals surface area contributed by atoms with Crippen LogP contribution in [-0.4, -0.2) is 66.2 Å². The molecule has 274 valence electrons. The summed E-state index contributed by atoms with van der Waals surface area (Å²) >= 11 is 0. The predicted molar refractivity (Wildman–Crippen MR) is 201 cm³/mol. The van der Waals surface area contributed by atoms with Gasteiger partial charge >= 0.3 is 0 Å². The molecular formula is C43H54N6O3. The predicted octanol–water partition coefficient (Wildman–Crippen LogP) is 4.94. The van der Waals surface area contributed by atoms with E-state index in [-0.39, 0.29) is 58.7 Å². The summed E-state index contributed by atoms with van der Waals surface area (Å²) in [7, 11) is 1.66. The lowest BCUT2D eigenvalue weighted by Gasteiger charge is -2.63. The molecule has 2 heterocycles. The standard InChI is InChI=1S/C43H54N6O3/c1-45-39(44)48-30-9-8-28-21-40(14-12-26(20-40)24-49-16-15-46-25-49)22-29(18-31-17-27-5-2-3-7-36(27)47-31)43(28)33-6-4-13-41(51)32(33)10-11-34(43)38-35(41)19-37(50)42(38,52)23-30/h2-3,5,7,15-17,22,25-26,28,30,32-35,37-38,47,50-52H,4,6,10-14,18-21,23-24H2,1H3,(H3,44,45,48)/t26-,28-,30-,32-,33+,34-,35-,37-,38-,40-,41-,42-,43-/m0/s1. The van der Waals surface area contributed by atoms with Crippen LogP contribution in [-0.2, 0) is 13.0 Å². The number of para-hydroxylation sites is 1. The molecule has 52 heavy (non-hydrogen) atoms. The molecule has 0 unspecified atom stereocenters. The van der Waals surface area contributed by atoms with Gasteiger partial charge in [-0.1, -0.05) is 48.1 Å². The average molecular weight is 703 g/mol. The molecule has 9 nitrogen and oxygen atoms in total. The molecule has 7 N–H and O–H groups in total. The highest BCUT2D eigenvalue weighted by atomic mass is 16.3. The number of hydrogen-bond donors (Lipinski definition) is 6. The van der Waals surface area contributed by atoms with E-state index in [2.05, 4.69) is 79.3 Å². The number of aromatic amines is 1. The van der Waals surface area contributed by atoms with Gasteiger partial charge in [0.2, 0.25) is 0 Å². The number of aliphatic hydroxyl groups is 3. The SMILES string of the molecule is CN=C(N)N[C@H]1C#C[C@H]2C[C@]3(C=C(Cc4cc5ccccc5[nH]4)[C@]24[C@@H]2CCC[C@@]5(O)[C@H]6C[C@H](O)[C@@](O)(C1)[C@H]6[C@@H]4CC[C@@H]25)CC[C@H](Cn1ccnc1)C3. The van der Waals surface area contributed by atoms with Gasteiger partial charge in [0.1, 0.15) is 0 Å². The van der Waals surface area contributed by atoms with E-state index in [1.165, 1.54) is 23.1 Å². The maximum absolute atomic E-state index is 13.1. The first-order valence-corrected chi connectivity index (χ1v) is 20.0. The van der Waals surface area contributed by atoms with Gasteiger partial charge in [0.25, 0.3) is 0 Å². The average Bonchev–Trinajstić information content (AvgIpc) is 3.91. The van der Waals surface area contributed by atoms with Crippen molar-refractivity contribution in [1.82, 2.24) is 19.9 Å². The molecule has 2 aromatic heterocycles. The van der Waals surface area contributed by atoms with Gasteiger partial charge in [0.05, 0.1) is 29.7 Å². The van der Waals surface area contributed by atoms with Gasteiger partial charge < -0.3 is 35.9 Å². The number of allylic oxidation sites excluding steroid dienone is 2. The zero-order valence-corrected chi connectivity index (χ0v) is 30.3. The van der Waals surface area contributed by atoms with E-state index in [1.54, 1.807) is 7.05 Å². The van der Waals surface area contributed by atoms with Crippen LogP contribution in [0, 0.1) is 64.1 Å². The van der Waals surface area contributed by atoms with Crippen LogP contribution in [0.15, 0.2) is 65.7 Å². The molecule has 0 saturated heterocycles. The Morgan fingerprint density at radius 3 is 2.73 bits per heavy atom. The number of aliphatic imine (C=N–C) groups is 1. The quantitative estimate of drug-likeness (QED) is 0.0963. The molecule has 13 atom stereocenters. The summed E-state index contributed by atoms with van der Waals surface area (Å²) in [5.74, 6) is 8.63. The van der Waals surface area contributed by atoms with E-state index in [0.717, 1.165) is 69.8 Å². The Labute approximate surface area is 306 Å². The van der Waals surface area contributed by atoms with Crippen molar-refractivity contribution in [3.8, 4) is 11.8 Å². The summed E-state index contributed by atoms with van der Waals surface area (Å²) in [5, 5.41) is 42.8. The van der Waals surface area contributed by atoms with Crippen LogP contribution < -0.4 is 11.1 Å². The molecular weight excluding hydrogens is 649 g/mol. The maximum atomic E-state index is 13.1. The van der Waals surface area contributed by atoms with Crippen LogP contribution in [0.2, 0.25) is 0 Å². The summed E-state index contributed by atoms with van der Waals surface area (Å²) < 4.78 is 2.23. The lowest BCUT2D eigenvalue weighted by molar-refractivity contribution is -0.150. The third kappa shape index (κ3) is 4.66. The van der Waals surface area contributed by atoms with E-state index in [9.17, 15) is 15.3 Å². The van der Waals surface area contributed by atoms with Crippen molar-refractivity contribution >= 4 is 16.9 Å². The molecule has 7 aliphatic carbocycles. The summed E-state index contributed by atoms with van der Waals surface area (Å²) in [6, 6.07) is 10.4. The van der Waals surface area contributed by atoms with Crippen molar-refractivity contribution in [1.29, 1.82) is 0 Å². The van der Waals surface area contributed by atoms with Crippen molar-refractivity contribution in [2.45, 2.75) is 107 Å². The molecule has 0 amide bonds. The van der Waals surface area contributed by atoms with Crippen LogP contribution in [0.25, 0.3) is 10.9 Å². The third-order valence-electron chi connectivity index (χ3n) is 15.9. The fraction of sp³-hybridized carbons (Fsp3) is 0.628. The van der Waals surface area contributed by atoms with Crippen molar-refractivity contribution in [3.63, 3.8) is 0 Å². The van der Waals surface area contributed by atoms with Gasteiger partial charge in [0.15, 0.2) is 5.96 Å². The lowest BCUT2D eigenvalue weighted by atomic mass is 9.41. The summed E-state index contributed by atoms with van der Waals surface area (Å²) in [5.41, 5.74) is 7.51. The highest BCUT2D eigenvalue weighted by Crippen LogP contribution is 2.76. The Morgan fingerprint density at radius 2 is 1.90 bits per heavy atom. The van der Waals surface area contributed by atoms with Crippen LogP contribution in [0.4, 0.5) is 0 Å². The zero-order chi connectivity index (χ0) is 35.5. The largest absolute Gasteiger partial charge is 0.390 e. The molecule has 1 aromatic carbocycles. The Morgan fingerprint density at radius 1 is 1.04 bits per heavy atom. The first-order valence-electron chi connectivity index (χ1n) is 20.0. The number of rotatable bonds is 5. The molecule has 2 spiro atoms. The van der Waals surface area contributed by atoms with Gasteiger partial charge in [0, 0.05) is 61.4 Å². The van der Waals surface area contributed by atoms with Crippen LogP contribution in [0.3, 0.4) is 0 Å². The van der Waals surface area contributed by atoms with Crippen LogP contribution in [0.5, 0.6) is 0 Å². The Bertz CT molecular complexity index is 1960. The number of nitrogens with zero attached hydrogens (tertiary/aromatic N) is 3. The number of imidazole rings is 1. The molecule has 5 fully saturated rings. The van der Waals surface area contributed by atoms with Crippen molar-refractivity contribution < 1.29 is 15.3 Å². The van der Waals surface area contributed by atoms with E-state index in [4.69, 9.17) is 5.73 Å². The first kappa shape index (κ1) is 33.0. The minimum Gasteiger partial charge on any atom is -0.390 e. The topological polar surface area (TPSA) is 145 Å². The molecule has 6 bridgehead atoms. The van der Waals surface area contributed by atoms with Crippen molar-refractivity contribution in [2.75, 3.05) is 7.05 Å². The number of nitrogens with one attached hydrogen (secondary N) is 2. The van der Waals surface area contributed by atoms with Gasteiger partial charge in [-0.05, 0) is 116 Å². The molecule has 5 saturated carbocycles. The number of fused-ring (bicyclic) bond motifs is 2. The van der Waals surface area contributed by atoms with Gasteiger partial charge in [-0.3, -0.25) is 4.99 Å². The number of nitrogens with two attached hydrogens (primary N) is 1. The minimum atomic E-state index is -1.41. The Balaban J connectivity index is 1.19. The van der Waals surface area contributed by atoms with Crippen LogP contribution in [0.1, 0.15) is 76.3 Å². The van der Waals surface area contributed by atoms with Gasteiger partial charge in [-0.2, -0.15) is 0 Å². The molecule has 0 aliphatic heterocycles. The zero-order valence-electron chi connectivity index (χ0n) is 30.3. The highest BCUT2D eigenvalue weighted by molar-refractivity contribution is 5.80. The van der Waals surface area contributed by atoms with Crippen molar-refractivity contribution in [3.05, 3.63) is 66.4 Å². The second-order valence-electron chi connectivity index (χ2n) is 18.1. The van der Waals surface area contributed by atoms with Gasteiger partial charge in [-0.25, -0.2) is 4.98 Å². The number of guanidine groups is 1. The summed E-state index contributed by atoms with van der Waals surface area (Å²) in [6.45, 7) is 0.977. The van der Waals surface area contributed by atoms with E-state index in [0.29, 0.717) is 12.3 Å². The molecule has 0 radical (unpaired) electrons. The van der Waals surface area contributed by atoms with E-state index in [1.807, 2.05) is 12.5 Å². The second kappa shape index (κ2) is 11.7. The fourth-order valence-corrected chi connectivity index (χ4v) is 14.3. The number of H-pyrrole nitrogens is 1. The minimum absolute atomic E-state index is 0.0134. The lowest BCUT2D eigenvalue weighted by Crippen LogP contribution is -2.60. The van der Waals surface area contributed by atoms with Crippen LogP contribution >= 0.6 is 0 Å². The van der Waals surface area contributed by atoms with E-state index < -0.39 is 23.3 Å². The first-order chi connectivity index (χ1) is 25.1. The van der Waals surface area contributed by atoms with E-state index >= 15 is 0 Å². The summed E-state index contributed by atoms with van der Waals surface area (Å²) in [4.78, 5) is 12.3. The smallest absolute Gasteiger partial charge is 0.189 e. The molecule has 9 heteroatoms. The number of aliphatic hydroxyl groups excluding tert-OH is 1. The normalized spacial score (nSPS) is 44.7. The number of aromatic nitrogens is 3. The highest BCUT2D eigenvalue weighted by Gasteiger charge is 2.75.